The number of carbonyl (C=O) groups is 4. The minimum absolute atomic E-state index is 0. The Balaban J connectivity index is 0. The second-order valence-corrected chi connectivity index (χ2v) is 18.1. The Morgan fingerprint density at radius 2 is 1.00 bits per heavy atom. The maximum Gasteiger partial charge on any atom is 0.407 e. The molecule has 0 heterocycles. The van der Waals surface area contributed by atoms with E-state index in [-0.39, 0.29) is 19.4 Å². The number of halogens is 1. The van der Waals surface area contributed by atoms with E-state index in [0.717, 1.165) is 23.0 Å². The summed E-state index contributed by atoms with van der Waals surface area (Å²) in [4.78, 5) is 45.3. The zero-order chi connectivity index (χ0) is 41.5. The summed E-state index contributed by atoms with van der Waals surface area (Å²) in [7, 11) is 6.67. The number of nitriles is 2. The van der Waals surface area contributed by atoms with Crippen molar-refractivity contribution in [3.8, 4) is 35.8 Å². The van der Waals surface area contributed by atoms with E-state index in [1.54, 1.807) is 104 Å². The number of rotatable bonds is 15. The lowest BCUT2D eigenvalue weighted by atomic mass is 10.1. The van der Waals surface area contributed by atoms with Gasteiger partial charge in [0, 0.05) is 83.3 Å². The van der Waals surface area contributed by atoms with Crippen LogP contribution in [0.2, 0.25) is 0 Å². The summed E-state index contributed by atoms with van der Waals surface area (Å²) in [5.74, 6) is 13.0. The van der Waals surface area contributed by atoms with Gasteiger partial charge >= 0.3 is 12.2 Å². The number of benzene rings is 2. The normalized spacial score (nSPS) is 9.75. The molecule has 0 aliphatic carbocycles. The van der Waals surface area contributed by atoms with Crippen molar-refractivity contribution < 1.29 is 28.7 Å². The molecule has 3 amide bonds. The molecule has 0 radical (unpaired) electrons. The summed E-state index contributed by atoms with van der Waals surface area (Å²) in [6, 6.07) is 16.6. The maximum absolute atomic E-state index is 12.0. The Morgan fingerprint density at radius 3 is 1.34 bits per heavy atom. The van der Waals surface area contributed by atoms with E-state index in [0.29, 0.717) is 48.4 Å². The predicted molar refractivity (Wildman–Crippen MR) is 234 cm³/mol. The highest BCUT2D eigenvalue weighted by Crippen LogP contribution is 2.20. The molecule has 0 aliphatic rings. The summed E-state index contributed by atoms with van der Waals surface area (Å²) in [5, 5.41) is 24.3. The van der Waals surface area contributed by atoms with Crippen molar-refractivity contribution in [2.24, 2.45) is 5.73 Å². The Hall–Kier alpha value is -4.13. The quantitative estimate of drug-likeness (QED) is 0.0591. The third-order valence-electron chi connectivity index (χ3n) is 5.33. The van der Waals surface area contributed by atoms with Gasteiger partial charge < -0.3 is 31.2 Å². The van der Waals surface area contributed by atoms with Crippen LogP contribution in [0, 0.1) is 46.3 Å². The molecule has 304 valence electrons. The second-order valence-electron chi connectivity index (χ2n) is 12.3. The minimum atomic E-state index is -0.500. The number of nitrogens with two attached hydrogens (primary N) is 1. The fourth-order valence-electron chi connectivity index (χ4n) is 3.20. The van der Waals surface area contributed by atoms with E-state index in [9.17, 15) is 19.2 Å². The molecule has 0 fully saturated rings. The van der Waals surface area contributed by atoms with E-state index < -0.39 is 22.5 Å². The van der Waals surface area contributed by atoms with Crippen LogP contribution in [0.15, 0.2) is 48.5 Å². The Morgan fingerprint density at radius 1 is 0.643 bits per heavy atom. The fourth-order valence-corrected chi connectivity index (χ4v) is 6.90. The third-order valence-corrected chi connectivity index (χ3v) is 10.4. The molecule has 2 rings (SSSR count). The van der Waals surface area contributed by atoms with Crippen LogP contribution < -0.4 is 21.7 Å². The number of nitrogens with zero attached hydrogens (tertiary/aromatic N) is 2. The first-order valence-corrected chi connectivity index (χ1v) is 22.0. The lowest BCUT2D eigenvalue weighted by molar-refractivity contribution is 0.0520. The molecular formula is C39H51ClN6O6S4. The first kappa shape index (κ1) is 54.0. The zero-order valence-electron chi connectivity index (χ0n) is 31.7. The van der Waals surface area contributed by atoms with E-state index in [2.05, 4.69) is 39.6 Å². The van der Waals surface area contributed by atoms with Gasteiger partial charge in [-0.1, -0.05) is 62.4 Å². The Bertz CT molecular complexity index is 1700. The largest absolute Gasteiger partial charge is 0.444 e. The SMILES string of the molecule is C.CC(C)(C)OC(=O)NCCSSCCN.CC(C)(C)OC(=O)NCCSSCCNC(=O)c1ccc(C#CC#N)cc1.N#CC#Cc1ccc(C(=O)Cl)cc1. The van der Waals surface area contributed by atoms with Gasteiger partial charge in [0.15, 0.2) is 12.1 Å². The smallest absolute Gasteiger partial charge is 0.407 e. The van der Waals surface area contributed by atoms with Crippen molar-refractivity contribution in [3.63, 3.8) is 0 Å². The summed E-state index contributed by atoms with van der Waals surface area (Å²) in [6.07, 6.45) is -0.767. The average Bonchev–Trinajstić information content (AvgIpc) is 3.11. The third kappa shape index (κ3) is 32.1. The van der Waals surface area contributed by atoms with E-state index in [4.69, 9.17) is 37.3 Å². The van der Waals surface area contributed by atoms with Gasteiger partial charge in [-0.15, -0.1) is 0 Å². The van der Waals surface area contributed by atoms with Crippen LogP contribution in [0.25, 0.3) is 0 Å². The molecule has 0 aliphatic heterocycles. The number of ether oxygens (including phenoxy) is 2. The van der Waals surface area contributed by atoms with Gasteiger partial charge in [0.1, 0.15) is 11.2 Å². The molecule has 2 aromatic rings. The number of hydrogen-bond donors (Lipinski definition) is 4. The summed E-state index contributed by atoms with van der Waals surface area (Å²) >= 11 is 5.23. The highest BCUT2D eigenvalue weighted by molar-refractivity contribution is 8.77. The van der Waals surface area contributed by atoms with Crippen molar-refractivity contribution >= 4 is 78.1 Å². The first-order valence-electron chi connectivity index (χ1n) is 16.6. The van der Waals surface area contributed by atoms with Crippen molar-refractivity contribution in [3.05, 3.63) is 70.8 Å². The molecule has 5 N–H and O–H groups in total. The summed E-state index contributed by atoms with van der Waals surface area (Å²) in [5.41, 5.74) is 6.77. The molecular weight excluding hydrogens is 812 g/mol. The molecule has 0 atom stereocenters. The van der Waals surface area contributed by atoms with Crippen LogP contribution in [0.1, 0.15) is 80.8 Å². The van der Waals surface area contributed by atoms with Crippen molar-refractivity contribution in [1.82, 2.24) is 16.0 Å². The maximum atomic E-state index is 12.0. The van der Waals surface area contributed by atoms with Crippen LogP contribution in [-0.4, -0.2) is 83.7 Å². The number of alkyl carbamates (subject to hydrolysis) is 2. The molecule has 56 heavy (non-hydrogen) atoms. The zero-order valence-corrected chi connectivity index (χ0v) is 35.7. The molecule has 17 heteroatoms. The van der Waals surface area contributed by atoms with Gasteiger partial charge in [-0.05, 0) is 102 Å². The van der Waals surface area contributed by atoms with Crippen LogP contribution in [0.3, 0.4) is 0 Å². The van der Waals surface area contributed by atoms with E-state index in [1.807, 2.05) is 41.5 Å². The van der Waals surface area contributed by atoms with E-state index >= 15 is 0 Å². The molecule has 0 saturated carbocycles. The van der Waals surface area contributed by atoms with Gasteiger partial charge in [-0.2, -0.15) is 10.5 Å². The van der Waals surface area contributed by atoms with Crippen molar-refractivity contribution in [1.29, 1.82) is 10.5 Å². The Kier molecular flexibility index (Phi) is 30.8. The van der Waals surface area contributed by atoms with Gasteiger partial charge in [0.2, 0.25) is 0 Å². The minimum Gasteiger partial charge on any atom is -0.444 e. The van der Waals surface area contributed by atoms with E-state index in [1.165, 1.54) is 0 Å². The van der Waals surface area contributed by atoms with Crippen molar-refractivity contribution in [2.75, 3.05) is 49.2 Å². The number of nitrogens with one attached hydrogen (secondary N) is 3. The second kappa shape index (κ2) is 32.0. The molecule has 0 unspecified atom stereocenters. The Labute approximate surface area is 353 Å². The lowest BCUT2D eigenvalue weighted by Gasteiger charge is -2.19. The van der Waals surface area contributed by atoms with Gasteiger partial charge in [0.05, 0.1) is 0 Å². The predicted octanol–water partition coefficient (Wildman–Crippen LogP) is 7.63. The van der Waals surface area contributed by atoms with Gasteiger partial charge in [-0.3, -0.25) is 9.59 Å². The lowest BCUT2D eigenvalue weighted by Crippen LogP contribution is -2.33. The highest BCUT2D eigenvalue weighted by atomic mass is 35.5. The monoisotopic (exact) mass is 862 g/mol. The van der Waals surface area contributed by atoms with Crippen LogP contribution in [0.5, 0.6) is 0 Å². The molecule has 0 saturated heterocycles. The summed E-state index contributed by atoms with van der Waals surface area (Å²) in [6.45, 7) is 13.4. The topological polar surface area (TPSA) is 196 Å². The van der Waals surface area contributed by atoms with Crippen LogP contribution in [0.4, 0.5) is 9.59 Å². The first-order chi connectivity index (χ1) is 26.0. The molecule has 12 nitrogen and oxygen atoms in total. The summed E-state index contributed by atoms with van der Waals surface area (Å²) < 4.78 is 10.2. The molecule has 2 aromatic carbocycles. The van der Waals surface area contributed by atoms with Crippen LogP contribution in [-0.2, 0) is 9.47 Å². The van der Waals surface area contributed by atoms with Gasteiger partial charge in [-0.25, -0.2) is 9.59 Å². The molecule has 0 bridgehead atoms. The number of amides is 3. The van der Waals surface area contributed by atoms with Crippen molar-refractivity contribution in [2.45, 2.75) is 60.2 Å². The average molecular weight is 864 g/mol. The molecule has 0 spiro atoms. The molecule has 0 aromatic heterocycles. The number of carbonyl (C=O) groups excluding carboxylic acids is 4. The standard InChI is InChI=1S/C19H23N3O3S2.C10H4ClNO.C9H20N2O2S2.CH4/c1-19(2,3)25-18(24)22-12-14-27-26-13-11-21-17(23)16-8-6-15(7-9-16)5-4-10-20;11-10(13)9-5-3-8(4-6-9)2-1-7-12;1-9(2,3)13-8(12)11-5-7-15-14-6-4-10;/h6-9H,11-14H2,1-3H3,(H,21,23)(H,22,24);3-6H;4-7,10H2,1-3H3,(H,11,12);1H4. The highest BCUT2D eigenvalue weighted by Gasteiger charge is 2.16. The number of hydrogen-bond acceptors (Lipinski definition) is 13. The fraction of sp³-hybridized carbons (Fsp3) is 0.436. The van der Waals surface area contributed by atoms with Gasteiger partial charge in [0.25, 0.3) is 11.1 Å². The van der Waals surface area contributed by atoms with Crippen LogP contribution >= 0.6 is 54.8 Å².